The van der Waals surface area contributed by atoms with Gasteiger partial charge in [0.05, 0.1) is 29.9 Å². The predicted molar refractivity (Wildman–Crippen MR) is 218 cm³/mol. The SMILES string of the molecule is CCc1c[n+](C2=C3NC(C=C4NC(C(C)=C4CCC(=O)O)C(O)C4NC(=CC5NC2C(C(C)SC)C5C)C(C(C)SC)=C4C)C(CCC(=O)O)=C3C)c[nH]1. The van der Waals surface area contributed by atoms with Gasteiger partial charge in [0.25, 0.3) is 0 Å². The highest BCUT2D eigenvalue weighted by atomic mass is 32.2. The second-order valence-electron chi connectivity index (χ2n) is 15.6. The molecule has 6 heterocycles. The minimum atomic E-state index is -0.883. The van der Waals surface area contributed by atoms with Gasteiger partial charge in [-0.2, -0.15) is 23.5 Å². The van der Waals surface area contributed by atoms with Crippen LogP contribution in [0, 0.1) is 11.8 Å². The molecule has 5 aliphatic rings. The first-order valence-corrected chi connectivity index (χ1v) is 21.9. The number of aliphatic carboxylic acids is 2. The van der Waals surface area contributed by atoms with E-state index in [0.717, 1.165) is 62.8 Å². The van der Waals surface area contributed by atoms with Gasteiger partial charge in [0.15, 0.2) is 0 Å². The first-order chi connectivity index (χ1) is 25.7. The fraction of sp³-hybridized carbons (Fsp3) is 0.585. The van der Waals surface area contributed by atoms with Crippen molar-refractivity contribution in [3.05, 3.63) is 80.9 Å². The molecule has 1 aromatic rings. The molecule has 1 fully saturated rings. The summed E-state index contributed by atoms with van der Waals surface area (Å²) in [4.78, 5) is 27.4. The molecule has 1 aromatic heterocycles. The Morgan fingerprint density at radius 1 is 0.907 bits per heavy atom. The molecule has 0 spiro atoms. The fourth-order valence-corrected chi connectivity index (χ4v) is 10.7. The Morgan fingerprint density at radius 2 is 1.57 bits per heavy atom. The number of aromatic amines is 1. The van der Waals surface area contributed by atoms with E-state index >= 15 is 0 Å². The molecule has 0 saturated carbocycles. The number of aliphatic hydroxyl groups is 1. The average molecular weight is 780 g/mol. The van der Waals surface area contributed by atoms with Crippen LogP contribution in [0.1, 0.15) is 79.8 Å². The lowest BCUT2D eigenvalue weighted by Crippen LogP contribution is -2.49. The van der Waals surface area contributed by atoms with Crippen LogP contribution in [0.4, 0.5) is 0 Å². The molecule has 8 N–H and O–H groups in total. The van der Waals surface area contributed by atoms with Crippen LogP contribution in [0.3, 0.4) is 0 Å². The van der Waals surface area contributed by atoms with Crippen molar-refractivity contribution in [2.75, 3.05) is 12.5 Å². The van der Waals surface area contributed by atoms with E-state index in [4.69, 9.17) is 0 Å². The van der Waals surface area contributed by atoms with Crippen LogP contribution < -0.4 is 25.8 Å². The highest BCUT2D eigenvalue weighted by molar-refractivity contribution is 7.99. The van der Waals surface area contributed by atoms with Gasteiger partial charge in [-0.1, -0.05) is 20.8 Å². The summed E-state index contributed by atoms with van der Waals surface area (Å²) < 4.78 is 2.22. The molecule has 0 radical (unpaired) electrons. The van der Waals surface area contributed by atoms with E-state index in [1.807, 2.05) is 25.0 Å². The quantitative estimate of drug-likeness (QED) is 0.137. The number of thioether (sulfide) groups is 2. The van der Waals surface area contributed by atoms with Crippen LogP contribution in [0.2, 0.25) is 0 Å². The van der Waals surface area contributed by atoms with Crippen LogP contribution in [0.15, 0.2) is 75.2 Å². The van der Waals surface area contributed by atoms with Crippen LogP contribution in [0.25, 0.3) is 5.70 Å². The number of carbonyl (C=O) groups is 2. The first-order valence-electron chi connectivity index (χ1n) is 19.3. The number of allylic oxidation sites excluding steroid dienone is 3. The number of nitrogens with zero attached hydrogens (tertiary/aromatic N) is 1. The molecule has 54 heavy (non-hydrogen) atoms. The number of hydrogen-bond acceptors (Lipinski definition) is 9. The Morgan fingerprint density at radius 3 is 2.20 bits per heavy atom. The van der Waals surface area contributed by atoms with Gasteiger partial charge < -0.3 is 31.3 Å². The number of fused-ring (bicyclic) bond motifs is 8. The molecule has 1 saturated heterocycles. The zero-order valence-corrected chi connectivity index (χ0v) is 34.7. The maximum absolute atomic E-state index is 12.3. The summed E-state index contributed by atoms with van der Waals surface area (Å²) in [5, 5.41) is 47.9. The topological polar surface area (TPSA) is 163 Å². The number of carboxylic acid groups (broad SMARTS) is 2. The number of carboxylic acids is 2. The standard InChI is InChI=1S/C41H58N6O5S2/c1-10-25-17-47(18-42-25)40-36-19(2)26(11-13-32(48)49)29(44-36)16-30-27(12-14-33(50)51)20(3)37(45-30)41(52)38-22(5)34(23(6)53-8)31(46-38)15-28-21(4)35(24(7)54-9)39(40)43-28/h15-18,21,23-24,28-29,35,37-39,41,43-46,52H,10-14H2,1-9H3,(H2,48,49,50,51)/p+1. The van der Waals surface area contributed by atoms with Crippen LogP contribution in [0.5, 0.6) is 0 Å². The first kappa shape index (κ1) is 40.3. The van der Waals surface area contributed by atoms with Gasteiger partial charge in [-0.25, -0.2) is 9.55 Å². The second kappa shape index (κ2) is 16.4. The van der Waals surface area contributed by atoms with E-state index in [1.165, 1.54) is 5.57 Å². The summed E-state index contributed by atoms with van der Waals surface area (Å²) in [5.41, 5.74) is 11.2. The maximum Gasteiger partial charge on any atom is 0.303 e. The van der Waals surface area contributed by atoms with E-state index in [-0.39, 0.29) is 54.1 Å². The summed E-state index contributed by atoms with van der Waals surface area (Å²) in [6, 6.07) is -1.20. The van der Waals surface area contributed by atoms with Crippen molar-refractivity contribution >= 4 is 41.2 Å². The number of aromatic nitrogens is 2. The highest BCUT2D eigenvalue weighted by Crippen LogP contribution is 2.44. The monoisotopic (exact) mass is 779 g/mol. The van der Waals surface area contributed by atoms with Crippen molar-refractivity contribution in [2.45, 2.75) is 127 Å². The van der Waals surface area contributed by atoms with Gasteiger partial charge in [0.2, 0.25) is 6.33 Å². The minimum absolute atomic E-state index is 0.0142. The van der Waals surface area contributed by atoms with E-state index in [1.54, 1.807) is 11.8 Å². The third kappa shape index (κ3) is 7.45. The summed E-state index contributed by atoms with van der Waals surface area (Å²) >= 11 is 3.67. The molecule has 13 heteroatoms. The van der Waals surface area contributed by atoms with Gasteiger partial charge in [-0.15, -0.1) is 0 Å². The maximum atomic E-state index is 12.3. The molecule has 294 valence electrons. The van der Waals surface area contributed by atoms with E-state index in [9.17, 15) is 24.9 Å². The number of rotatable bonds is 12. The van der Waals surface area contributed by atoms with Gasteiger partial charge in [0.1, 0.15) is 23.7 Å². The van der Waals surface area contributed by atoms with Crippen molar-refractivity contribution in [1.82, 2.24) is 26.3 Å². The molecular formula is C41H59N6O5S2+. The number of H-pyrrole nitrogens is 1. The molecule has 6 rings (SSSR count). The number of aliphatic hydroxyl groups excluding tert-OH is 1. The Hall–Kier alpha value is -3.39. The fourth-order valence-electron chi connectivity index (χ4n) is 9.47. The molecule has 8 bridgehead atoms. The third-order valence-electron chi connectivity index (χ3n) is 12.7. The van der Waals surface area contributed by atoms with Crippen molar-refractivity contribution in [1.29, 1.82) is 0 Å². The van der Waals surface area contributed by atoms with Gasteiger partial charge in [0, 0.05) is 47.2 Å². The lowest BCUT2D eigenvalue weighted by Gasteiger charge is -2.28. The Bertz CT molecular complexity index is 1860. The van der Waals surface area contributed by atoms with Gasteiger partial charge in [-0.3, -0.25) is 14.9 Å². The lowest BCUT2D eigenvalue weighted by atomic mass is 9.83. The van der Waals surface area contributed by atoms with Gasteiger partial charge >= 0.3 is 11.9 Å². The Kier molecular flexibility index (Phi) is 12.2. The third-order valence-corrected chi connectivity index (χ3v) is 14.7. The van der Waals surface area contributed by atoms with Crippen molar-refractivity contribution < 1.29 is 29.5 Å². The van der Waals surface area contributed by atoms with Crippen molar-refractivity contribution in [3.63, 3.8) is 0 Å². The smallest absolute Gasteiger partial charge is 0.303 e. The molecule has 0 amide bonds. The van der Waals surface area contributed by atoms with Crippen LogP contribution in [-0.4, -0.2) is 91.6 Å². The van der Waals surface area contributed by atoms with Gasteiger partial charge in [-0.05, 0) is 110 Å². The molecular weight excluding hydrogens is 721 g/mol. The zero-order chi connectivity index (χ0) is 39.2. The molecule has 11 nitrogen and oxygen atoms in total. The summed E-state index contributed by atoms with van der Waals surface area (Å²) in [7, 11) is 0. The summed E-state index contributed by atoms with van der Waals surface area (Å²) in [6.07, 6.45) is 13.6. The van der Waals surface area contributed by atoms with E-state index in [0.29, 0.717) is 18.1 Å². The van der Waals surface area contributed by atoms with Crippen molar-refractivity contribution in [3.8, 4) is 0 Å². The number of imidazole rings is 1. The van der Waals surface area contributed by atoms with Crippen LogP contribution in [-0.2, 0) is 16.0 Å². The Balaban J connectivity index is 1.63. The largest absolute Gasteiger partial charge is 0.481 e. The molecule has 5 aliphatic heterocycles. The van der Waals surface area contributed by atoms with E-state index < -0.39 is 24.1 Å². The molecule has 0 aromatic carbocycles. The Labute approximate surface area is 328 Å². The lowest BCUT2D eigenvalue weighted by molar-refractivity contribution is -0.584. The minimum Gasteiger partial charge on any atom is -0.481 e. The molecule has 10 atom stereocenters. The number of hydrogen-bond donors (Lipinski definition) is 8. The average Bonchev–Trinajstić information content (AvgIpc) is 3.94. The van der Waals surface area contributed by atoms with Crippen molar-refractivity contribution in [2.24, 2.45) is 11.8 Å². The molecule has 0 aliphatic carbocycles. The summed E-state index contributed by atoms with van der Waals surface area (Å²) in [6.45, 7) is 15.2. The predicted octanol–water partition coefficient (Wildman–Crippen LogP) is 4.87. The number of nitrogens with one attached hydrogen (secondary N) is 5. The number of aryl methyl sites for hydroxylation is 1. The van der Waals surface area contributed by atoms with Crippen LogP contribution >= 0.6 is 23.5 Å². The van der Waals surface area contributed by atoms with E-state index in [2.05, 4.69) is 103 Å². The summed E-state index contributed by atoms with van der Waals surface area (Å²) in [5.74, 6) is -1.25. The normalized spacial score (nSPS) is 30.6. The second-order valence-corrected chi connectivity index (χ2v) is 18.0. The molecule has 10 unspecified atom stereocenters. The highest BCUT2D eigenvalue weighted by Gasteiger charge is 2.49. The zero-order valence-electron chi connectivity index (χ0n) is 33.0.